The van der Waals surface area contributed by atoms with E-state index in [2.05, 4.69) is 16.8 Å². The molecule has 0 radical (unpaired) electrons. The molecule has 2 aliphatic rings. The van der Waals surface area contributed by atoms with E-state index in [-0.39, 0.29) is 5.84 Å². The molecule has 4 nitrogen and oxygen atoms in total. The lowest BCUT2D eigenvalue weighted by molar-refractivity contribution is 0.102. The largest absolute Gasteiger partial charge is 0.384 e. The highest BCUT2D eigenvalue weighted by molar-refractivity contribution is 6.31. The maximum Gasteiger partial charge on any atom is 0.124 e. The third-order valence-electron chi connectivity index (χ3n) is 4.94. The number of rotatable bonds is 2. The summed E-state index contributed by atoms with van der Waals surface area (Å²) in [5.41, 5.74) is 7.54. The number of nitrogens with two attached hydrogens (primary N) is 1. The number of nitrogens with one attached hydrogen (secondary N) is 1. The Morgan fingerprint density at radius 2 is 2.14 bits per heavy atom. The standard InChI is InChI=1S/C16H23ClN4/c1-20-7-2-3-11-10-21(8-6-14(11)20)15-5-4-12(17)9-13(15)16(18)19/h4-5,9,11,14H,2-3,6-8,10H2,1H3,(H3,18,19). The second kappa shape index (κ2) is 5.85. The minimum absolute atomic E-state index is 0.0929. The molecule has 3 rings (SSSR count). The van der Waals surface area contributed by atoms with Gasteiger partial charge in [0.15, 0.2) is 0 Å². The van der Waals surface area contributed by atoms with Crippen LogP contribution in [0.4, 0.5) is 5.69 Å². The number of halogens is 1. The zero-order valence-corrected chi connectivity index (χ0v) is 13.2. The molecule has 0 spiro atoms. The van der Waals surface area contributed by atoms with Crippen molar-refractivity contribution >= 4 is 23.1 Å². The number of nitrogen functional groups attached to an aromatic ring is 1. The number of hydrogen-bond donors (Lipinski definition) is 2. The van der Waals surface area contributed by atoms with Crippen LogP contribution in [-0.2, 0) is 0 Å². The molecule has 2 fully saturated rings. The molecule has 0 amide bonds. The van der Waals surface area contributed by atoms with Crippen molar-refractivity contribution in [1.29, 1.82) is 5.41 Å². The molecule has 3 N–H and O–H groups in total. The number of nitrogens with zero attached hydrogens (tertiary/aromatic N) is 2. The van der Waals surface area contributed by atoms with E-state index in [9.17, 15) is 0 Å². The van der Waals surface area contributed by atoms with Crippen molar-refractivity contribution in [2.24, 2.45) is 11.7 Å². The summed E-state index contributed by atoms with van der Waals surface area (Å²) in [5.74, 6) is 0.809. The van der Waals surface area contributed by atoms with Crippen LogP contribution in [0.1, 0.15) is 24.8 Å². The lowest BCUT2D eigenvalue weighted by Crippen LogP contribution is -2.53. The summed E-state index contributed by atoms with van der Waals surface area (Å²) in [6.45, 7) is 3.30. The van der Waals surface area contributed by atoms with Crippen LogP contribution in [0.3, 0.4) is 0 Å². The van der Waals surface area contributed by atoms with Gasteiger partial charge in [-0.25, -0.2) is 0 Å². The topological polar surface area (TPSA) is 56.4 Å². The fourth-order valence-electron chi connectivity index (χ4n) is 3.87. The van der Waals surface area contributed by atoms with Gasteiger partial charge in [-0.05, 0) is 57.0 Å². The molecule has 0 aliphatic carbocycles. The van der Waals surface area contributed by atoms with Gasteiger partial charge in [-0.15, -0.1) is 0 Å². The summed E-state index contributed by atoms with van der Waals surface area (Å²) in [7, 11) is 2.25. The van der Waals surface area contributed by atoms with Gasteiger partial charge in [0, 0.05) is 35.4 Å². The van der Waals surface area contributed by atoms with Crippen LogP contribution < -0.4 is 10.6 Å². The van der Waals surface area contributed by atoms with E-state index >= 15 is 0 Å². The summed E-state index contributed by atoms with van der Waals surface area (Å²) in [4.78, 5) is 4.90. The Kier molecular flexibility index (Phi) is 4.09. The molecule has 0 aromatic heterocycles. The average Bonchev–Trinajstić information content (AvgIpc) is 2.47. The minimum atomic E-state index is 0.0929. The van der Waals surface area contributed by atoms with Crippen molar-refractivity contribution in [3.8, 4) is 0 Å². The molecule has 2 atom stereocenters. The molecule has 1 aromatic rings. The van der Waals surface area contributed by atoms with Crippen LogP contribution >= 0.6 is 11.6 Å². The van der Waals surface area contributed by atoms with Gasteiger partial charge >= 0.3 is 0 Å². The predicted molar refractivity (Wildman–Crippen MR) is 88.4 cm³/mol. The van der Waals surface area contributed by atoms with Crippen molar-refractivity contribution in [3.63, 3.8) is 0 Å². The van der Waals surface area contributed by atoms with Crippen LogP contribution in [0.5, 0.6) is 0 Å². The predicted octanol–water partition coefficient (Wildman–Crippen LogP) is 2.54. The van der Waals surface area contributed by atoms with E-state index in [0.717, 1.165) is 24.3 Å². The van der Waals surface area contributed by atoms with E-state index < -0.39 is 0 Å². The van der Waals surface area contributed by atoms with Gasteiger partial charge in [-0.2, -0.15) is 0 Å². The Hall–Kier alpha value is -1.26. The molecular formula is C16H23ClN4. The fraction of sp³-hybridized carbons (Fsp3) is 0.562. The Labute approximate surface area is 131 Å². The van der Waals surface area contributed by atoms with Crippen molar-refractivity contribution < 1.29 is 0 Å². The number of hydrogen-bond acceptors (Lipinski definition) is 3. The smallest absolute Gasteiger partial charge is 0.124 e. The molecule has 0 saturated carbocycles. The lowest BCUT2D eigenvalue weighted by atomic mass is 9.84. The second-order valence-corrected chi connectivity index (χ2v) is 6.70. The second-order valence-electron chi connectivity index (χ2n) is 6.26. The first kappa shape index (κ1) is 14.7. The first-order valence-electron chi connectivity index (χ1n) is 7.65. The lowest BCUT2D eigenvalue weighted by Gasteiger charge is -2.47. The maximum atomic E-state index is 7.79. The van der Waals surface area contributed by atoms with Crippen LogP contribution in [0.2, 0.25) is 5.02 Å². The number of fused-ring (bicyclic) bond motifs is 1. The van der Waals surface area contributed by atoms with Gasteiger partial charge in [-0.3, -0.25) is 5.41 Å². The van der Waals surface area contributed by atoms with E-state index in [1.165, 1.54) is 25.8 Å². The van der Waals surface area contributed by atoms with Crippen LogP contribution in [0, 0.1) is 11.3 Å². The monoisotopic (exact) mass is 306 g/mol. The Morgan fingerprint density at radius 3 is 2.90 bits per heavy atom. The summed E-state index contributed by atoms with van der Waals surface area (Å²) in [6, 6.07) is 6.41. The van der Waals surface area contributed by atoms with Gasteiger partial charge in [0.25, 0.3) is 0 Å². The molecular weight excluding hydrogens is 284 g/mol. The first-order valence-corrected chi connectivity index (χ1v) is 8.03. The number of amidine groups is 1. The minimum Gasteiger partial charge on any atom is -0.384 e. The van der Waals surface area contributed by atoms with Crippen molar-refractivity contribution in [2.75, 3.05) is 31.6 Å². The number of anilines is 1. The van der Waals surface area contributed by atoms with Crippen LogP contribution in [0.15, 0.2) is 18.2 Å². The molecule has 5 heteroatoms. The zero-order chi connectivity index (χ0) is 15.0. The highest BCUT2D eigenvalue weighted by Crippen LogP contribution is 2.33. The summed E-state index contributed by atoms with van der Waals surface area (Å²) in [6.07, 6.45) is 3.77. The van der Waals surface area contributed by atoms with E-state index in [1.54, 1.807) is 6.07 Å². The molecule has 2 heterocycles. The number of benzene rings is 1. The van der Waals surface area contributed by atoms with Crippen molar-refractivity contribution in [1.82, 2.24) is 4.90 Å². The summed E-state index contributed by atoms with van der Waals surface area (Å²) in [5, 5.41) is 8.43. The van der Waals surface area contributed by atoms with Crippen molar-refractivity contribution in [3.05, 3.63) is 28.8 Å². The Morgan fingerprint density at radius 1 is 1.33 bits per heavy atom. The molecule has 2 unspecified atom stereocenters. The molecule has 0 bridgehead atoms. The molecule has 114 valence electrons. The SMILES string of the molecule is CN1CCCC2CN(c3ccc(Cl)cc3C(=N)N)CCC21. The Bertz CT molecular complexity index is 545. The van der Waals surface area contributed by atoms with Crippen LogP contribution in [0.25, 0.3) is 0 Å². The van der Waals surface area contributed by atoms with Crippen LogP contribution in [-0.4, -0.2) is 43.5 Å². The van der Waals surface area contributed by atoms with Gasteiger partial charge in [0.2, 0.25) is 0 Å². The third-order valence-corrected chi connectivity index (χ3v) is 5.17. The van der Waals surface area contributed by atoms with Gasteiger partial charge in [0.1, 0.15) is 5.84 Å². The fourth-order valence-corrected chi connectivity index (χ4v) is 4.04. The number of piperidine rings is 2. The first-order chi connectivity index (χ1) is 10.1. The Balaban J connectivity index is 1.84. The highest BCUT2D eigenvalue weighted by atomic mass is 35.5. The van der Waals surface area contributed by atoms with E-state index in [1.807, 2.05) is 12.1 Å². The van der Waals surface area contributed by atoms with E-state index in [4.69, 9.17) is 22.7 Å². The molecule has 1 aromatic carbocycles. The number of likely N-dealkylation sites (tertiary alicyclic amines) is 1. The molecule has 2 aliphatic heterocycles. The molecule has 21 heavy (non-hydrogen) atoms. The zero-order valence-electron chi connectivity index (χ0n) is 12.5. The van der Waals surface area contributed by atoms with Gasteiger partial charge < -0.3 is 15.5 Å². The van der Waals surface area contributed by atoms with Gasteiger partial charge in [0.05, 0.1) is 0 Å². The summed E-state index contributed by atoms with van der Waals surface area (Å²) >= 11 is 6.05. The molecule has 2 saturated heterocycles. The van der Waals surface area contributed by atoms with E-state index in [0.29, 0.717) is 17.0 Å². The quantitative estimate of drug-likeness (QED) is 0.652. The third kappa shape index (κ3) is 2.87. The highest BCUT2D eigenvalue weighted by Gasteiger charge is 2.34. The van der Waals surface area contributed by atoms with Gasteiger partial charge in [-0.1, -0.05) is 11.6 Å². The maximum absolute atomic E-state index is 7.79. The average molecular weight is 307 g/mol. The normalized spacial score (nSPS) is 26.5. The summed E-state index contributed by atoms with van der Waals surface area (Å²) < 4.78 is 0. The van der Waals surface area contributed by atoms with Crippen molar-refractivity contribution in [2.45, 2.75) is 25.3 Å².